The van der Waals surface area contributed by atoms with Crippen molar-refractivity contribution in [3.8, 4) is 0 Å². The number of aromatic amines is 1. The van der Waals surface area contributed by atoms with Gasteiger partial charge in [0, 0.05) is 25.0 Å². The van der Waals surface area contributed by atoms with Crippen LogP contribution in [0.15, 0.2) is 18.5 Å². The van der Waals surface area contributed by atoms with Crippen LogP contribution in [-0.4, -0.2) is 32.6 Å². The van der Waals surface area contributed by atoms with Crippen LogP contribution in [-0.2, 0) is 6.54 Å². The maximum atomic E-state index is 5.41. The summed E-state index contributed by atoms with van der Waals surface area (Å²) in [6.07, 6.45) is 5.47. The van der Waals surface area contributed by atoms with Crippen molar-refractivity contribution in [3.05, 3.63) is 23.2 Å². The summed E-state index contributed by atoms with van der Waals surface area (Å²) >= 11 is 5.41. The summed E-state index contributed by atoms with van der Waals surface area (Å²) in [6, 6.07) is 4.27. The van der Waals surface area contributed by atoms with E-state index in [0.717, 1.165) is 52.2 Å². The fourth-order valence-corrected chi connectivity index (χ4v) is 3.70. The Morgan fingerprint density at radius 3 is 2.70 bits per heavy atom. The molecule has 7 heteroatoms. The number of H-pyrrole nitrogens is 1. The summed E-state index contributed by atoms with van der Waals surface area (Å²) in [6.45, 7) is 5.12. The topological polar surface area (TPSA) is 49.7 Å². The zero-order valence-corrected chi connectivity index (χ0v) is 14.7. The molecular formula is C16H20ClN5S. The number of anilines is 1. The molecule has 0 unspecified atom stereocenters. The van der Waals surface area contributed by atoms with Gasteiger partial charge in [-0.3, -0.25) is 0 Å². The number of piperidine rings is 1. The van der Waals surface area contributed by atoms with E-state index in [9.17, 15) is 0 Å². The number of rotatable bonds is 2. The molecule has 0 saturated carbocycles. The van der Waals surface area contributed by atoms with Crippen molar-refractivity contribution < 1.29 is 0 Å². The van der Waals surface area contributed by atoms with Crippen LogP contribution >= 0.6 is 24.6 Å². The fourth-order valence-electron chi connectivity index (χ4n) is 3.37. The fraction of sp³-hybridized carbons (Fsp3) is 0.438. The molecule has 0 amide bonds. The first kappa shape index (κ1) is 16.2. The van der Waals surface area contributed by atoms with Gasteiger partial charge < -0.3 is 14.5 Å². The molecule has 0 bridgehead atoms. The Morgan fingerprint density at radius 1 is 1.17 bits per heavy atom. The van der Waals surface area contributed by atoms with E-state index < -0.39 is 0 Å². The van der Waals surface area contributed by atoms with Crippen molar-refractivity contribution in [2.75, 3.05) is 18.0 Å². The lowest BCUT2D eigenvalue weighted by Crippen LogP contribution is -2.30. The van der Waals surface area contributed by atoms with Crippen molar-refractivity contribution in [1.82, 2.24) is 19.5 Å². The summed E-state index contributed by atoms with van der Waals surface area (Å²) in [7, 11) is 0. The van der Waals surface area contributed by atoms with Crippen LogP contribution in [0.1, 0.15) is 26.2 Å². The van der Waals surface area contributed by atoms with Crippen molar-refractivity contribution in [1.29, 1.82) is 0 Å². The lowest BCUT2D eigenvalue weighted by atomic mass is 10.1. The molecule has 0 radical (unpaired) electrons. The highest BCUT2D eigenvalue weighted by Gasteiger charge is 2.16. The van der Waals surface area contributed by atoms with Crippen molar-refractivity contribution in [2.45, 2.75) is 32.7 Å². The molecule has 122 valence electrons. The van der Waals surface area contributed by atoms with Crippen molar-refractivity contribution in [3.63, 3.8) is 0 Å². The zero-order valence-electron chi connectivity index (χ0n) is 13.1. The smallest absolute Gasteiger partial charge is 0.178 e. The Kier molecular flexibility index (Phi) is 4.55. The summed E-state index contributed by atoms with van der Waals surface area (Å²) in [4.78, 5) is 14.7. The number of hydrogen-bond donors (Lipinski definition) is 1. The minimum Gasteiger partial charge on any atom is -0.356 e. The van der Waals surface area contributed by atoms with Crippen LogP contribution in [0.2, 0.25) is 0 Å². The minimum absolute atomic E-state index is 0. The first-order valence-corrected chi connectivity index (χ1v) is 8.31. The van der Waals surface area contributed by atoms with Gasteiger partial charge in [0.1, 0.15) is 12.1 Å². The van der Waals surface area contributed by atoms with Crippen LogP contribution in [0.4, 0.5) is 5.82 Å². The predicted molar refractivity (Wildman–Crippen MR) is 99.2 cm³/mol. The van der Waals surface area contributed by atoms with Crippen molar-refractivity contribution >= 4 is 52.4 Å². The third kappa shape index (κ3) is 2.70. The highest BCUT2D eigenvalue weighted by Crippen LogP contribution is 2.29. The van der Waals surface area contributed by atoms with Gasteiger partial charge >= 0.3 is 0 Å². The summed E-state index contributed by atoms with van der Waals surface area (Å²) in [5, 5.41) is 1.11. The molecule has 4 rings (SSSR count). The van der Waals surface area contributed by atoms with Gasteiger partial charge in [-0.25, -0.2) is 9.97 Å². The average molecular weight is 350 g/mol. The van der Waals surface area contributed by atoms with Gasteiger partial charge in [0.25, 0.3) is 0 Å². The highest BCUT2D eigenvalue weighted by molar-refractivity contribution is 7.71. The summed E-state index contributed by atoms with van der Waals surface area (Å²) in [5.41, 5.74) is 3.16. The number of fused-ring (bicyclic) bond motifs is 2. The van der Waals surface area contributed by atoms with Gasteiger partial charge in [-0.05, 0) is 50.5 Å². The van der Waals surface area contributed by atoms with E-state index in [1.807, 2.05) is 0 Å². The van der Waals surface area contributed by atoms with Crippen LogP contribution in [0.5, 0.6) is 0 Å². The van der Waals surface area contributed by atoms with E-state index in [2.05, 4.69) is 43.5 Å². The SMILES string of the molecule is CCn1c(=S)[nH]c2cc3c(N4CCCCC4)ncnc3cc21.Cl. The summed E-state index contributed by atoms with van der Waals surface area (Å²) in [5.74, 6) is 1.05. The van der Waals surface area contributed by atoms with E-state index in [4.69, 9.17) is 12.2 Å². The molecule has 1 fully saturated rings. The molecule has 1 aromatic carbocycles. The Balaban J connectivity index is 0.00000156. The number of halogens is 1. The Labute approximate surface area is 146 Å². The molecule has 5 nitrogen and oxygen atoms in total. The van der Waals surface area contributed by atoms with Gasteiger partial charge in [-0.2, -0.15) is 0 Å². The molecule has 0 aliphatic carbocycles. The Hall–Kier alpha value is -1.66. The zero-order chi connectivity index (χ0) is 15.1. The minimum atomic E-state index is 0. The van der Waals surface area contributed by atoms with Gasteiger partial charge in [0.2, 0.25) is 0 Å². The van der Waals surface area contributed by atoms with E-state index in [1.54, 1.807) is 6.33 Å². The second kappa shape index (κ2) is 6.45. The number of imidazole rings is 1. The normalized spacial score (nSPS) is 15.1. The number of benzene rings is 1. The van der Waals surface area contributed by atoms with E-state index in [0.29, 0.717) is 0 Å². The van der Waals surface area contributed by atoms with Crippen LogP contribution in [0.25, 0.3) is 21.9 Å². The van der Waals surface area contributed by atoms with E-state index >= 15 is 0 Å². The molecule has 1 saturated heterocycles. The molecule has 3 aromatic rings. The molecule has 0 spiro atoms. The summed E-state index contributed by atoms with van der Waals surface area (Å²) < 4.78 is 2.87. The van der Waals surface area contributed by atoms with Gasteiger partial charge in [-0.1, -0.05) is 0 Å². The van der Waals surface area contributed by atoms with E-state index in [1.165, 1.54) is 19.3 Å². The number of nitrogens with one attached hydrogen (secondary N) is 1. The first-order valence-electron chi connectivity index (χ1n) is 7.90. The number of aryl methyl sites for hydroxylation is 1. The molecular weight excluding hydrogens is 330 g/mol. The molecule has 1 aliphatic rings. The number of hydrogen-bond acceptors (Lipinski definition) is 4. The molecule has 1 N–H and O–H groups in total. The molecule has 2 aromatic heterocycles. The van der Waals surface area contributed by atoms with Gasteiger partial charge in [0.15, 0.2) is 4.77 Å². The second-order valence-electron chi connectivity index (χ2n) is 5.81. The third-order valence-electron chi connectivity index (χ3n) is 4.48. The van der Waals surface area contributed by atoms with Crippen LogP contribution < -0.4 is 4.90 Å². The van der Waals surface area contributed by atoms with Gasteiger partial charge in [0.05, 0.1) is 16.6 Å². The highest BCUT2D eigenvalue weighted by atomic mass is 35.5. The maximum absolute atomic E-state index is 5.41. The molecule has 23 heavy (non-hydrogen) atoms. The third-order valence-corrected chi connectivity index (χ3v) is 4.80. The maximum Gasteiger partial charge on any atom is 0.178 e. The van der Waals surface area contributed by atoms with Crippen LogP contribution in [0.3, 0.4) is 0 Å². The Morgan fingerprint density at radius 2 is 1.96 bits per heavy atom. The van der Waals surface area contributed by atoms with Gasteiger partial charge in [-0.15, -0.1) is 12.4 Å². The quantitative estimate of drug-likeness (QED) is 0.708. The predicted octanol–water partition coefficient (Wildman–Crippen LogP) is 4.07. The Bertz CT molecular complexity index is 894. The lowest BCUT2D eigenvalue weighted by molar-refractivity contribution is 0.574. The lowest BCUT2D eigenvalue weighted by Gasteiger charge is -2.28. The standard InChI is InChI=1S/C16H19N5S.ClH/c1-2-21-14-9-12-11(8-13(14)19-16(21)22)15(18-10-17-12)20-6-4-3-5-7-20;/h8-10H,2-7H2,1H3,(H,19,22);1H. The monoisotopic (exact) mass is 349 g/mol. The number of aromatic nitrogens is 4. The van der Waals surface area contributed by atoms with Crippen LogP contribution in [0, 0.1) is 4.77 Å². The van der Waals surface area contributed by atoms with Crippen molar-refractivity contribution in [2.24, 2.45) is 0 Å². The molecule has 0 atom stereocenters. The number of nitrogens with zero attached hydrogens (tertiary/aromatic N) is 4. The van der Waals surface area contributed by atoms with E-state index in [-0.39, 0.29) is 12.4 Å². The largest absolute Gasteiger partial charge is 0.356 e. The molecule has 1 aliphatic heterocycles. The average Bonchev–Trinajstić information content (AvgIpc) is 2.87. The molecule has 3 heterocycles. The first-order chi connectivity index (χ1) is 10.8. The second-order valence-corrected chi connectivity index (χ2v) is 6.19.